The first-order valence-corrected chi connectivity index (χ1v) is 2.83. The number of hydrogen-bond acceptors (Lipinski definition) is 12. The number of rotatable bonds is 0. The van der Waals surface area contributed by atoms with Crippen LogP contribution in [0.1, 0.15) is 0 Å². The molecule has 0 bridgehead atoms. The maximum atomic E-state index is 8.42. The molecule has 0 aromatic heterocycles. The van der Waals surface area contributed by atoms with Crippen molar-refractivity contribution in [2.45, 2.75) is 0 Å². The molecule has 0 heterocycles. The minimum Gasteiger partial charge on any atom is -1.00 e. The molecule has 0 amide bonds. The van der Waals surface area contributed by atoms with E-state index in [2.05, 4.69) is 0 Å². The zero-order valence-electron chi connectivity index (χ0n) is 19.9. The summed E-state index contributed by atoms with van der Waals surface area (Å²) in [6.45, 7) is 0. The third-order valence-electron chi connectivity index (χ3n) is 0. The SMILES string of the molecule is [Be+2].[Be+2].[Be+2].[Be+2].[Be+2].[Be+2].[Be+2].[Be+2].[F-].[F-].[F-].[F-].[F-].[F-].[F-].[F-].[Na+].[Na+].[Na+].[Na+].[O-]B([O-])[O-].[O-]B([O-])[O-].[O-]B([O-])[O-].[O-]B([O-])[O-]. The second-order valence-electron chi connectivity index (χ2n) is 1.15. The van der Waals surface area contributed by atoms with E-state index >= 15 is 0 Å². The van der Waals surface area contributed by atoms with Crippen molar-refractivity contribution in [1.29, 1.82) is 0 Å². The van der Waals surface area contributed by atoms with E-state index in [0.717, 1.165) is 0 Å². The van der Waals surface area contributed by atoms with Crippen LogP contribution in [0.5, 0.6) is 0 Å². The standard InChI is InChI=1S/4BO3.8Be.8FH.4Na/c4*2-1(3)4;;;;;;;;;;;;;;;;;;;;/h;;;;;;;;;;;;8*1H;;;;/q4*-3;8*+2;;;;;;;;;4*+1/p-8. The smallest absolute Gasteiger partial charge is 1.00 e. The van der Waals surface area contributed by atoms with Gasteiger partial charge in [0.15, 0.2) is 0 Å². The zero-order chi connectivity index (χ0) is 14.3. The summed E-state index contributed by atoms with van der Waals surface area (Å²) in [4.78, 5) is 0. The van der Waals surface area contributed by atoms with Gasteiger partial charge in [-0.1, -0.05) is 0 Å². The maximum absolute atomic E-state index is 8.42. The van der Waals surface area contributed by atoms with Gasteiger partial charge in [0.2, 0.25) is 0 Å². The van der Waals surface area contributed by atoms with Crippen LogP contribution >= 0.6 is 0 Å². The van der Waals surface area contributed by atoms with Crippen LogP contribution in [0, 0.1) is 0 Å². The first-order valence-electron chi connectivity index (χ1n) is 2.83. The first kappa shape index (κ1) is 231. The molecule has 0 saturated carbocycles. The molecule has 12 nitrogen and oxygen atoms in total. The third-order valence-corrected chi connectivity index (χ3v) is 0. The van der Waals surface area contributed by atoms with Crippen LogP contribution in [0.2, 0.25) is 0 Å². The number of hydrogen-bond donors (Lipinski definition) is 0. The Labute approximate surface area is 322 Å². The van der Waals surface area contributed by atoms with E-state index in [1.807, 2.05) is 0 Å². The molecule has 0 aromatic carbocycles. The molecule has 0 rings (SSSR count). The molecule has 0 spiro atoms. The van der Waals surface area contributed by atoms with Gasteiger partial charge < -0.3 is 97.9 Å². The Morgan fingerprint density at radius 2 is 0.194 bits per heavy atom. The van der Waals surface area contributed by atoms with Crippen molar-refractivity contribution >= 4 is 110 Å². The average Bonchev–Trinajstić information content (AvgIpc) is 1.76. The molecule has 160 valence electrons. The van der Waals surface area contributed by atoms with Gasteiger partial charge in [0.1, 0.15) is 0 Å². The molecule has 0 fully saturated rings. The molecule has 0 N–H and O–H groups in total. The largest absolute Gasteiger partial charge is 2.00 e. The minimum atomic E-state index is -2.92. The molecular weight excluding hydrogens is 551 g/mol. The summed E-state index contributed by atoms with van der Waals surface area (Å²) in [5.74, 6) is 0. The van der Waals surface area contributed by atoms with Crippen LogP contribution in [0.4, 0.5) is 0 Å². The molecular formula is B4Be8F8Na4O12. The van der Waals surface area contributed by atoms with Gasteiger partial charge >= 0.3 is 199 Å². The normalized spacial score (nSPS) is 3.00. The van der Waals surface area contributed by atoms with Crippen molar-refractivity contribution in [3.8, 4) is 0 Å². The van der Waals surface area contributed by atoms with E-state index in [4.69, 9.17) is 60.3 Å². The van der Waals surface area contributed by atoms with Crippen LogP contribution in [0.15, 0.2) is 0 Å². The van der Waals surface area contributed by atoms with Gasteiger partial charge in [0.05, 0.1) is 0 Å². The van der Waals surface area contributed by atoms with Crippen LogP contribution in [0.25, 0.3) is 0 Å². The predicted octanol–water partition coefficient (Wildman–Crippen LogP) is -54.8. The van der Waals surface area contributed by atoms with Crippen LogP contribution in [0.3, 0.4) is 0 Å². The van der Waals surface area contributed by atoms with Gasteiger partial charge in [0, 0.05) is 0 Å². The van der Waals surface area contributed by atoms with Gasteiger partial charge in [-0.25, -0.2) is 0 Å². The van der Waals surface area contributed by atoms with Crippen molar-refractivity contribution in [3.05, 3.63) is 0 Å². The van der Waals surface area contributed by atoms with Crippen LogP contribution in [-0.2, 0) is 0 Å². The predicted molar refractivity (Wildman–Crippen MR) is 69.0 cm³/mol. The molecule has 0 unspecified atom stereocenters. The van der Waals surface area contributed by atoms with Crippen molar-refractivity contribution in [1.82, 2.24) is 0 Å². The molecule has 0 aliphatic rings. The van der Waals surface area contributed by atoms with Crippen molar-refractivity contribution in [2.24, 2.45) is 0 Å². The molecule has 0 aliphatic heterocycles. The Kier molecular flexibility index (Phi) is 1380. The third kappa shape index (κ3) is 2610. The summed E-state index contributed by atoms with van der Waals surface area (Å²) in [6, 6.07) is 0. The summed E-state index contributed by atoms with van der Waals surface area (Å²) in [5.41, 5.74) is 0. The van der Waals surface area contributed by atoms with Crippen molar-refractivity contribution < 1.29 is 216 Å². The minimum absolute atomic E-state index is 0. The van der Waals surface area contributed by atoms with Crippen molar-refractivity contribution in [3.63, 3.8) is 0 Å². The van der Waals surface area contributed by atoms with Gasteiger partial charge in [-0.15, -0.1) is 0 Å². The molecule has 0 atom stereocenters. The maximum Gasteiger partial charge on any atom is 2.00 e. The Balaban J connectivity index is -0.00000000205. The average molecular weight is 551 g/mol. The molecule has 36 heavy (non-hydrogen) atoms. The molecule has 0 saturated heterocycles. The van der Waals surface area contributed by atoms with E-state index in [1.54, 1.807) is 0 Å². The topological polar surface area (TPSA) is 277 Å². The molecule has 36 heteroatoms. The summed E-state index contributed by atoms with van der Waals surface area (Å²) in [6.07, 6.45) is 0. The molecule has 0 aromatic rings. The Bertz CT molecular complexity index is 122. The summed E-state index contributed by atoms with van der Waals surface area (Å²) >= 11 is 0. The fraction of sp³-hybridized carbons (Fsp3) is 0. The zero-order valence-corrected chi connectivity index (χ0v) is 27.9. The summed E-state index contributed by atoms with van der Waals surface area (Å²) in [7, 11) is -11.7. The van der Waals surface area contributed by atoms with E-state index < -0.39 is 29.3 Å². The fourth-order valence-electron chi connectivity index (χ4n) is 0. The van der Waals surface area contributed by atoms with Crippen LogP contribution < -0.4 is 216 Å². The van der Waals surface area contributed by atoms with E-state index in [9.17, 15) is 0 Å². The second kappa shape index (κ2) is 214. The first-order chi connectivity index (χ1) is 6.93. The fourth-order valence-corrected chi connectivity index (χ4v) is 0. The Morgan fingerprint density at radius 1 is 0.194 bits per heavy atom. The van der Waals surface area contributed by atoms with Gasteiger partial charge in [0.25, 0.3) is 0 Å². The van der Waals surface area contributed by atoms with Gasteiger partial charge in [-0.3, -0.25) is 29.3 Å². The van der Waals surface area contributed by atoms with Gasteiger partial charge in [-0.2, -0.15) is 0 Å². The molecule has 0 radical (unpaired) electrons. The monoisotopic (exact) mass is 552 g/mol. The van der Waals surface area contributed by atoms with Crippen molar-refractivity contribution in [2.75, 3.05) is 0 Å². The quantitative estimate of drug-likeness (QED) is 0.200. The van der Waals surface area contributed by atoms with Crippen LogP contribution in [-0.4, -0.2) is 110 Å². The van der Waals surface area contributed by atoms with E-state index in [1.165, 1.54) is 0 Å². The Morgan fingerprint density at radius 3 is 0.194 bits per heavy atom. The Hall–Kier alpha value is 4.57. The molecule has 0 aliphatic carbocycles. The summed E-state index contributed by atoms with van der Waals surface area (Å²) in [5, 5.41) is 101. The van der Waals surface area contributed by atoms with E-state index in [0.29, 0.717) is 0 Å². The summed E-state index contributed by atoms with van der Waals surface area (Å²) < 4.78 is 0. The second-order valence-corrected chi connectivity index (χ2v) is 1.15. The van der Waals surface area contributed by atoms with E-state index in [-0.39, 0.29) is 237 Å². The number of halogens is 8. The van der Waals surface area contributed by atoms with Gasteiger partial charge in [-0.05, 0) is 0 Å².